The predicted molar refractivity (Wildman–Crippen MR) is 219 cm³/mol. The fourth-order valence-corrected chi connectivity index (χ4v) is 10.1. The lowest BCUT2D eigenvalue weighted by molar-refractivity contribution is -0.645. The van der Waals surface area contributed by atoms with Crippen molar-refractivity contribution in [2.45, 2.75) is 95.5 Å². The summed E-state index contributed by atoms with van der Waals surface area (Å²) in [7, 11) is 1.66. The minimum atomic E-state index is -1.12. The van der Waals surface area contributed by atoms with Gasteiger partial charge in [-0.25, -0.2) is 14.5 Å². The molecule has 6 N–H and O–H groups in total. The van der Waals surface area contributed by atoms with Gasteiger partial charge in [-0.1, -0.05) is 80.0 Å². The van der Waals surface area contributed by atoms with Crippen molar-refractivity contribution in [3.05, 3.63) is 94.5 Å². The number of rotatable bonds is 17. The number of halogens is 1. The van der Waals surface area contributed by atoms with Crippen LogP contribution in [0.4, 0.5) is 15.3 Å². The van der Waals surface area contributed by atoms with Crippen molar-refractivity contribution in [1.82, 2.24) is 16.0 Å². The van der Waals surface area contributed by atoms with E-state index in [0.717, 1.165) is 48.6 Å². The number of hydrogen-bond donors (Lipinski definition) is 5. The molecular formula is C44H54ClN5O9. The third kappa shape index (κ3) is 8.86. The largest absolute Gasteiger partial charge is 0.487 e. The zero-order valence-electron chi connectivity index (χ0n) is 33.7. The van der Waals surface area contributed by atoms with Crippen LogP contribution in [-0.2, 0) is 47.8 Å². The molecule has 3 aromatic carbocycles. The minimum absolute atomic E-state index is 0.0327. The lowest BCUT2D eigenvalue weighted by atomic mass is 9.47. The molecule has 3 unspecified atom stereocenters. The molecule has 3 atom stereocenters. The van der Waals surface area contributed by atoms with Gasteiger partial charge in [-0.2, -0.15) is 4.89 Å². The Balaban J connectivity index is 0.970. The van der Waals surface area contributed by atoms with Gasteiger partial charge in [-0.15, -0.1) is 0 Å². The SMILES string of the molecule is COC1(c2cccc(OCc3ccc(NC(=O)C(CCCNC(N)=O)NC(=O)C(NC(=O)OCc4ccccc4)C(C)C)cc3)c2Cl)OOC12C1CC3CC(C1)CC2C3. The number of primary amides is 1. The number of nitrogens with two attached hydrogens (primary N) is 1. The second kappa shape index (κ2) is 18.2. The second-order valence-electron chi connectivity index (χ2n) is 16.6. The first-order valence-corrected chi connectivity index (χ1v) is 20.8. The van der Waals surface area contributed by atoms with Gasteiger partial charge in [0.15, 0.2) is 5.60 Å². The van der Waals surface area contributed by atoms with Gasteiger partial charge in [0.05, 0.1) is 5.02 Å². The van der Waals surface area contributed by atoms with Gasteiger partial charge in [-0.3, -0.25) is 9.59 Å². The van der Waals surface area contributed by atoms with Crippen LogP contribution < -0.4 is 31.7 Å². The van der Waals surface area contributed by atoms with Gasteiger partial charge in [0.25, 0.3) is 5.79 Å². The molecule has 0 radical (unpaired) electrons. The van der Waals surface area contributed by atoms with Gasteiger partial charge in [0, 0.05) is 24.9 Å². The molecule has 0 aromatic heterocycles. The third-order valence-corrected chi connectivity index (χ3v) is 12.8. The molecule has 1 aliphatic heterocycles. The van der Waals surface area contributed by atoms with Gasteiger partial charge >= 0.3 is 12.1 Å². The molecule has 15 heteroatoms. The zero-order valence-corrected chi connectivity index (χ0v) is 34.4. The highest BCUT2D eigenvalue weighted by atomic mass is 35.5. The number of ether oxygens (including phenoxy) is 3. The topological polar surface area (TPSA) is 189 Å². The van der Waals surface area contributed by atoms with E-state index in [1.54, 1.807) is 33.1 Å². The summed E-state index contributed by atoms with van der Waals surface area (Å²) in [6, 6.07) is 19.2. The molecule has 14 nitrogen and oxygen atoms in total. The quantitative estimate of drug-likeness (QED) is 0.0729. The second-order valence-corrected chi connectivity index (χ2v) is 17.0. The van der Waals surface area contributed by atoms with E-state index in [2.05, 4.69) is 21.3 Å². The van der Waals surface area contributed by atoms with E-state index in [0.29, 0.717) is 40.3 Å². The monoisotopic (exact) mass is 831 g/mol. The summed E-state index contributed by atoms with van der Waals surface area (Å²) in [5.74, 6) is 0.146. The van der Waals surface area contributed by atoms with Crippen LogP contribution in [-0.4, -0.2) is 55.3 Å². The average molecular weight is 832 g/mol. The number of methoxy groups -OCH3 is 1. The Kier molecular flexibility index (Phi) is 13.0. The van der Waals surface area contributed by atoms with Crippen LogP contribution in [0.1, 0.15) is 75.5 Å². The highest BCUT2D eigenvalue weighted by molar-refractivity contribution is 6.33. The summed E-state index contributed by atoms with van der Waals surface area (Å²) in [5, 5.41) is 11.2. The molecule has 4 aliphatic carbocycles. The molecule has 5 amide bonds. The number of carbonyl (C=O) groups is 4. The highest BCUT2D eigenvalue weighted by Gasteiger charge is 2.77. The Bertz CT molecular complexity index is 1950. The van der Waals surface area contributed by atoms with Gasteiger partial charge < -0.3 is 41.2 Å². The molecule has 5 fully saturated rings. The van der Waals surface area contributed by atoms with Crippen LogP contribution in [0.5, 0.6) is 5.75 Å². The molecule has 1 saturated heterocycles. The average Bonchev–Trinajstić information content (AvgIpc) is 3.20. The minimum Gasteiger partial charge on any atom is -0.487 e. The van der Waals surface area contributed by atoms with Crippen LogP contribution in [0.25, 0.3) is 0 Å². The lowest BCUT2D eigenvalue weighted by Gasteiger charge is -2.68. The number of anilines is 1. The standard InChI is InChI=1S/C44H54ClN5O9/c1-26(2)38(50-42(54)57-25-27-9-5-4-6-10-27)40(52)49-35(12-8-18-47-41(46)53)39(51)48-33-16-14-28(15-17-33)24-56-36-13-7-11-34(37(36)45)44(55-3)43(58-59-44)31-20-29-19-30(22-31)23-32(43)21-29/h4-7,9-11,13-17,26,29-32,35,38H,8,12,18-25H2,1-3H3,(H,48,51)(H,49,52)(H,50,54)(H3,46,47,53). The van der Waals surface area contributed by atoms with E-state index in [-0.39, 0.29) is 32.1 Å². The molecular weight excluding hydrogens is 778 g/mol. The van der Waals surface area contributed by atoms with Crippen molar-refractivity contribution < 1.29 is 43.2 Å². The molecule has 8 rings (SSSR count). The maximum Gasteiger partial charge on any atom is 0.408 e. The fraction of sp³-hybridized carbons (Fsp3) is 0.500. The molecule has 4 saturated carbocycles. The summed E-state index contributed by atoms with van der Waals surface area (Å²) in [6.45, 7) is 3.97. The Morgan fingerprint density at radius 2 is 1.51 bits per heavy atom. The normalized spacial score (nSPS) is 26.1. The summed E-state index contributed by atoms with van der Waals surface area (Å²) < 4.78 is 17.8. The van der Waals surface area contributed by atoms with Crippen LogP contribution in [0, 0.1) is 29.6 Å². The van der Waals surface area contributed by atoms with Gasteiger partial charge in [-0.05, 0) is 104 Å². The van der Waals surface area contributed by atoms with Crippen LogP contribution in [0.2, 0.25) is 5.02 Å². The van der Waals surface area contributed by atoms with Gasteiger partial charge in [0.1, 0.15) is 31.0 Å². The first-order chi connectivity index (χ1) is 28.4. The molecule has 5 aliphatic rings. The highest BCUT2D eigenvalue weighted by Crippen LogP contribution is 2.70. The van der Waals surface area contributed by atoms with Crippen molar-refractivity contribution >= 4 is 41.2 Å². The zero-order chi connectivity index (χ0) is 41.7. The Morgan fingerprint density at radius 3 is 2.12 bits per heavy atom. The number of hydrogen-bond acceptors (Lipinski definition) is 9. The number of urea groups is 1. The van der Waals surface area contributed by atoms with E-state index in [4.69, 9.17) is 41.3 Å². The van der Waals surface area contributed by atoms with E-state index >= 15 is 0 Å². The van der Waals surface area contributed by atoms with E-state index in [1.807, 2.05) is 60.7 Å². The third-order valence-electron chi connectivity index (χ3n) is 12.4. The summed E-state index contributed by atoms with van der Waals surface area (Å²) in [4.78, 5) is 63.1. The molecule has 59 heavy (non-hydrogen) atoms. The maximum atomic E-state index is 13.6. The summed E-state index contributed by atoms with van der Waals surface area (Å²) >= 11 is 7.08. The van der Waals surface area contributed by atoms with Crippen molar-refractivity contribution in [2.24, 2.45) is 35.3 Å². The van der Waals surface area contributed by atoms with Crippen LogP contribution >= 0.6 is 11.6 Å². The number of alkyl carbamates (subject to hydrolysis) is 1. The van der Waals surface area contributed by atoms with E-state index in [9.17, 15) is 19.2 Å². The maximum absolute atomic E-state index is 13.6. The Morgan fingerprint density at radius 1 is 0.831 bits per heavy atom. The number of carbonyl (C=O) groups excluding carboxylic acids is 4. The van der Waals surface area contributed by atoms with Crippen molar-refractivity contribution in [3.63, 3.8) is 0 Å². The van der Waals surface area contributed by atoms with Crippen LogP contribution in [0.15, 0.2) is 72.8 Å². The van der Waals surface area contributed by atoms with E-state index < -0.39 is 47.4 Å². The Hall–Kier alpha value is -4.89. The molecule has 316 valence electrons. The smallest absolute Gasteiger partial charge is 0.408 e. The number of nitrogens with one attached hydrogen (secondary N) is 4. The molecule has 1 spiro atoms. The summed E-state index contributed by atoms with van der Waals surface area (Å²) in [6.07, 6.45) is 5.51. The van der Waals surface area contributed by atoms with Crippen molar-refractivity contribution in [1.29, 1.82) is 0 Å². The van der Waals surface area contributed by atoms with Crippen molar-refractivity contribution in [2.75, 3.05) is 19.0 Å². The number of amides is 5. The number of benzene rings is 3. The van der Waals surface area contributed by atoms with Crippen LogP contribution in [0.3, 0.4) is 0 Å². The molecule has 1 heterocycles. The molecule has 3 aromatic rings. The predicted octanol–water partition coefficient (Wildman–Crippen LogP) is 6.70. The lowest BCUT2D eigenvalue weighted by Crippen LogP contribution is -2.76. The fourth-order valence-electron chi connectivity index (χ4n) is 9.76. The first kappa shape index (κ1) is 42.2. The first-order valence-electron chi connectivity index (χ1n) is 20.5. The molecule has 4 bridgehead atoms. The summed E-state index contributed by atoms with van der Waals surface area (Å²) in [5.41, 5.74) is 7.43. The van der Waals surface area contributed by atoms with E-state index in [1.165, 1.54) is 6.42 Å². The van der Waals surface area contributed by atoms with Crippen molar-refractivity contribution in [3.8, 4) is 5.75 Å². The van der Waals surface area contributed by atoms with Gasteiger partial charge in [0.2, 0.25) is 11.8 Å². The Labute approximate surface area is 349 Å².